The third kappa shape index (κ3) is 2.40. The van der Waals surface area contributed by atoms with Crippen molar-refractivity contribution in [3.63, 3.8) is 0 Å². The van der Waals surface area contributed by atoms with Crippen molar-refractivity contribution < 1.29 is 5.11 Å². The van der Waals surface area contributed by atoms with Gasteiger partial charge in [-0.2, -0.15) is 5.26 Å². The molecule has 0 saturated heterocycles. The van der Waals surface area contributed by atoms with Crippen molar-refractivity contribution in [2.45, 2.75) is 23.8 Å². The van der Waals surface area contributed by atoms with E-state index in [-0.39, 0.29) is 0 Å². The molecule has 0 rings (SSSR count). The SMILES string of the molecule is CCC(O)C(Cl)(Cl)C#N. The minimum absolute atomic E-state index is 0.376. The van der Waals surface area contributed by atoms with E-state index in [9.17, 15) is 0 Å². The summed E-state index contributed by atoms with van der Waals surface area (Å²) in [5.41, 5.74) is 0. The second-order valence-corrected chi connectivity index (χ2v) is 3.04. The van der Waals surface area contributed by atoms with Crippen LogP contribution in [0.3, 0.4) is 0 Å². The van der Waals surface area contributed by atoms with Crippen LogP contribution in [-0.2, 0) is 0 Å². The number of aliphatic hydroxyl groups excluding tert-OH is 1. The summed E-state index contributed by atoms with van der Waals surface area (Å²) in [5, 5.41) is 17.1. The molecule has 1 atom stereocenters. The molecule has 1 unspecified atom stereocenters. The molecule has 1 N–H and O–H groups in total. The summed E-state index contributed by atoms with van der Waals surface area (Å²) in [6.45, 7) is 1.70. The monoisotopic (exact) mass is 167 g/mol. The second-order valence-electron chi connectivity index (χ2n) is 1.66. The molecule has 0 aliphatic rings. The van der Waals surface area contributed by atoms with Gasteiger partial charge in [0.1, 0.15) is 12.2 Å². The zero-order valence-electron chi connectivity index (χ0n) is 4.93. The van der Waals surface area contributed by atoms with Crippen LogP contribution >= 0.6 is 23.2 Å². The Morgan fingerprint density at radius 2 is 2.22 bits per heavy atom. The van der Waals surface area contributed by atoms with Gasteiger partial charge in [-0.15, -0.1) is 0 Å². The van der Waals surface area contributed by atoms with Crippen molar-refractivity contribution in [2.75, 3.05) is 0 Å². The first-order chi connectivity index (χ1) is 4.04. The Kier molecular flexibility index (Phi) is 3.27. The van der Waals surface area contributed by atoms with Gasteiger partial charge in [0.15, 0.2) is 0 Å². The summed E-state index contributed by atoms with van der Waals surface area (Å²) in [7, 11) is 0. The van der Waals surface area contributed by atoms with E-state index in [0.29, 0.717) is 6.42 Å². The highest BCUT2D eigenvalue weighted by molar-refractivity contribution is 6.50. The first-order valence-corrected chi connectivity index (χ1v) is 3.27. The summed E-state index contributed by atoms with van der Waals surface area (Å²) >= 11 is 10.7. The molecule has 0 spiro atoms. The fraction of sp³-hybridized carbons (Fsp3) is 0.800. The molecular formula is C5H7Cl2NO. The van der Waals surface area contributed by atoms with E-state index < -0.39 is 10.4 Å². The predicted molar refractivity (Wildman–Crippen MR) is 36.3 cm³/mol. The quantitative estimate of drug-likeness (QED) is 0.634. The molecule has 9 heavy (non-hydrogen) atoms. The maximum absolute atomic E-state index is 8.90. The van der Waals surface area contributed by atoms with Gasteiger partial charge < -0.3 is 5.11 Å². The van der Waals surface area contributed by atoms with Crippen LogP contribution in [0.15, 0.2) is 0 Å². The van der Waals surface area contributed by atoms with Crippen molar-refractivity contribution >= 4 is 23.2 Å². The Morgan fingerprint density at radius 1 is 1.78 bits per heavy atom. The second kappa shape index (κ2) is 3.26. The fourth-order valence-corrected chi connectivity index (χ4v) is 0.639. The normalized spacial score (nSPS) is 14.6. The van der Waals surface area contributed by atoms with Crippen molar-refractivity contribution in [2.24, 2.45) is 0 Å². The molecule has 0 fully saturated rings. The molecule has 0 aliphatic carbocycles. The number of aliphatic hydroxyl groups is 1. The zero-order chi connectivity index (χ0) is 7.49. The summed E-state index contributed by atoms with van der Waals surface area (Å²) in [5.74, 6) is 0. The summed E-state index contributed by atoms with van der Waals surface area (Å²) in [6, 6.07) is 1.57. The van der Waals surface area contributed by atoms with E-state index in [1.165, 1.54) is 0 Å². The van der Waals surface area contributed by atoms with Gasteiger partial charge in [-0.25, -0.2) is 0 Å². The number of rotatable bonds is 2. The highest BCUT2D eigenvalue weighted by atomic mass is 35.5. The smallest absolute Gasteiger partial charge is 0.228 e. The van der Waals surface area contributed by atoms with Gasteiger partial charge in [-0.3, -0.25) is 0 Å². The Morgan fingerprint density at radius 3 is 2.33 bits per heavy atom. The molecule has 0 heterocycles. The Balaban J connectivity index is 4.01. The molecule has 0 saturated carbocycles. The first kappa shape index (κ1) is 9.03. The molecule has 0 aromatic rings. The average molecular weight is 168 g/mol. The Hall–Kier alpha value is 0.0300. The standard InChI is InChI=1S/C5H7Cl2NO/c1-2-4(9)5(6,7)3-8/h4,9H,2H2,1H3. The van der Waals surface area contributed by atoms with Crippen molar-refractivity contribution in [1.29, 1.82) is 5.26 Å². The molecule has 52 valence electrons. The maximum Gasteiger partial charge on any atom is 0.228 e. The van der Waals surface area contributed by atoms with Crippen molar-refractivity contribution in [3.05, 3.63) is 0 Å². The van der Waals surface area contributed by atoms with E-state index in [1.807, 2.05) is 0 Å². The van der Waals surface area contributed by atoms with Crippen molar-refractivity contribution in [1.82, 2.24) is 0 Å². The summed E-state index contributed by atoms with van der Waals surface area (Å²) in [4.78, 5) is 0. The molecular weight excluding hydrogens is 161 g/mol. The zero-order valence-corrected chi connectivity index (χ0v) is 6.45. The minimum atomic E-state index is -1.64. The molecule has 0 aliphatic heterocycles. The summed E-state index contributed by atoms with van der Waals surface area (Å²) in [6.07, 6.45) is -0.591. The number of hydrogen-bond donors (Lipinski definition) is 1. The molecule has 0 aromatic heterocycles. The topological polar surface area (TPSA) is 44.0 Å². The van der Waals surface area contributed by atoms with Gasteiger partial charge in [0, 0.05) is 0 Å². The molecule has 2 nitrogen and oxygen atoms in total. The van der Waals surface area contributed by atoms with Gasteiger partial charge in [0.2, 0.25) is 4.33 Å². The Bertz CT molecular complexity index is 129. The molecule has 0 aromatic carbocycles. The van der Waals surface area contributed by atoms with Gasteiger partial charge in [-0.1, -0.05) is 30.1 Å². The lowest BCUT2D eigenvalue weighted by atomic mass is 10.2. The van der Waals surface area contributed by atoms with E-state index >= 15 is 0 Å². The molecule has 0 amide bonds. The average Bonchev–Trinajstić information content (AvgIpc) is 1.86. The molecule has 0 bridgehead atoms. The highest BCUT2D eigenvalue weighted by Crippen LogP contribution is 2.25. The largest absolute Gasteiger partial charge is 0.389 e. The van der Waals surface area contributed by atoms with Gasteiger partial charge in [0.25, 0.3) is 0 Å². The lowest BCUT2D eigenvalue weighted by Gasteiger charge is -2.15. The number of nitriles is 1. The van der Waals surface area contributed by atoms with E-state index in [4.69, 9.17) is 33.6 Å². The van der Waals surface area contributed by atoms with Crippen LogP contribution in [0.2, 0.25) is 0 Å². The third-order valence-corrected chi connectivity index (χ3v) is 1.63. The van der Waals surface area contributed by atoms with Crippen molar-refractivity contribution in [3.8, 4) is 6.07 Å². The van der Waals surface area contributed by atoms with Crippen LogP contribution in [0.4, 0.5) is 0 Å². The van der Waals surface area contributed by atoms with E-state index in [1.54, 1.807) is 13.0 Å². The van der Waals surface area contributed by atoms with Crippen LogP contribution < -0.4 is 0 Å². The number of nitrogens with zero attached hydrogens (tertiary/aromatic N) is 1. The fourth-order valence-electron chi connectivity index (χ4n) is 0.331. The van der Waals surface area contributed by atoms with Crippen LogP contribution in [0.5, 0.6) is 0 Å². The van der Waals surface area contributed by atoms with Gasteiger partial charge >= 0.3 is 0 Å². The lowest BCUT2D eigenvalue weighted by Crippen LogP contribution is -2.28. The highest BCUT2D eigenvalue weighted by Gasteiger charge is 2.31. The lowest BCUT2D eigenvalue weighted by molar-refractivity contribution is 0.167. The van der Waals surface area contributed by atoms with Crippen LogP contribution in [0, 0.1) is 11.3 Å². The predicted octanol–water partition coefficient (Wildman–Crippen LogP) is 1.45. The van der Waals surface area contributed by atoms with Gasteiger partial charge in [0.05, 0.1) is 0 Å². The van der Waals surface area contributed by atoms with Crippen LogP contribution in [0.1, 0.15) is 13.3 Å². The number of alkyl halides is 2. The Labute approximate surface area is 64.0 Å². The van der Waals surface area contributed by atoms with Gasteiger partial charge in [-0.05, 0) is 6.42 Å². The molecule has 4 heteroatoms. The number of halogens is 2. The van der Waals surface area contributed by atoms with Crippen LogP contribution in [-0.4, -0.2) is 15.5 Å². The maximum atomic E-state index is 8.90. The summed E-state index contributed by atoms with van der Waals surface area (Å²) < 4.78 is -1.64. The van der Waals surface area contributed by atoms with E-state index in [2.05, 4.69) is 0 Å². The number of hydrogen-bond acceptors (Lipinski definition) is 2. The first-order valence-electron chi connectivity index (χ1n) is 2.51. The van der Waals surface area contributed by atoms with E-state index in [0.717, 1.165) is 0 Å². The minimum Gasteiger partial charge on any atom is -0.389 e. The third-order valence-electron chi connectivity index (χ3n) is 0.954. The van der Waals surface area contributed by atoms with Crippen LogP contribution in [0.25, 0.3) is 0 Å². The molecule has 0 radical (unpaired) electrons.